The Balaban J connectivity index is 1.37. The maximum atomic E-state index is 12.2. The molecule has 0 aliphatic heterocycles. The highest BCUT2D eigenvalue weighted by Crippen LogP contribution is 2.32. The predicted molar refractivity (Wildman–Crippen MR) is 141 cm³/mol. The van der Waals surface area contributed by atoms with Crippen molar-refractivity contribution in [1.29, 1.82) is 0 Å². The number of nitrogens with zero attached hydrogens (tertiary/aromatic N) is 6. The van der Waals surface area contributed by atoms with E-state index in [0.29, 0.717) is 34.9 Å². The number of aromatic nitrogens is 8. The van der Waals surface area contributed by atoms with E-state index < -0.39 is 0 Å². The first-order valence-corrected chi connectivity index (χ1v) is 12.0. The molecule has 0 saturated heterocycles. The molecule has 0 saturated carbocycles. The maximum absolute atomic E-state index is 12.2. The number of rotatable bonds is 7. The molecule has 10 heteroatoms. The second-order valence-electron chi connectivity index (χ2n) is 8.68. The average Bonchev–Trinajstić information content (AvgIpc) is 3.56. The minimum atomic E-state index is -0.0175. The molecule has 0 unspecified atom stereocenters. The van der Waals surface area contributed by atoms with Gasteiger partial charge in [0.1, 0.15) is 11.2 Å². The summed E-state index contributed by atoms with van der Waals surface area (Å²) in [6.07, 6.45) is 12.7. The highest BCUT2D eigenvalue weighted by molar-refractivity contribution is 5.96. The minimum absolute atomic E-state index is 0.0175. The van der Waals surface area contributed by atoms with Gasteiger partial charge < -0.3 is 10.3 Å². The van der Waals surface area contributed by atoms with Gasteiger partial charge in [-0.2, -0.15) is 5.10 Å². The largest absolute Gasteiger partial charge is 0.325 e. The van der Waals surface area contributed by atoms with Crippen molar-refractivity contribution in [3.05, 3.63) is 67.5 Å². The molecule has 37 heavy (non-hydrogen) atoms. The van der Waals surface area contributed by atoms with Crippen molar-refractivity contribution in [2.75, 3.05) is 5.32 Å². The number of anilines is 1. The molecule has 6 aromatic heterocycles. The van der Waals surface area contributed by atoms with E-state index >= 15 is 0 Å². The van der Waals surface area contributed by atoms with Gasteiger partial charge in [-0.15, -0.1) is 0 Å². The first kappa shape index (κ1) is 22.5. The fourth-order valence-electron chi connectivity index (χ4n) is 4.26. The Morgan fingerprint density at radius 1 is 0.919 bits per heavy atom. The fraction of sp³-hybridized carbons (Fsp3) is 0.148. The molecule has 0 aliphatic carbocycles. The van der Waals surface area contributed by atoms with Crippen LogP contribution in [-0.4, -0.2) is 46.0 Å². The second-order valence-corrected chi connectivity index (χ2v) is 8.68. The van der Waals surface area contributed by atoms with Crippen LogP contribution in [0.2, 0.25) is 0 Å². The first-order valence-electron chi connectivity index (χ1n) is 12.0. The third kappa shape index (κ3) is 4.40. The number of amides is 1. The number of pyridine rings is 4. The molecule has 1 amide bonds. The molecule has 6 aromatic rings. The van der Waals surface area contributed by atoms with Crippen LogP contribution in [0, 0.1) is 0 Å². The zero-order chi connectivity index (χ0) is 25.2. The molecule has 3 N–H and O–H groups in total. The molecule has 10 nitrogen and oxygen atoms in total. The van der Waals surface area contributed by atoms with E-state index in [1.807, 2.05) is 30.3 Å². The van der Waals surface area contributed by atoms with Crippen LogP contribution in [-0.2, 0) is 4.79 Å². The summed E-state index contributed by atoms with van der Waals surface area (Å²) in [6.45, 7) is 2.06. The SMILES string of the molecule is CCCCC(=O)Nc1cncc(-c2cnc3[nH]nc(-c4nc5c(-c6ccncc6)ccnc5[nH]4)c3c2)c1. The van der Waals surface area contributed by atoms with Crippen LogP contribution in [0.3, 0.4) is 0 Å². The normalized spacial score (nSPS) is 11.3. The van der Waals surface area contributed by atoms with E-state index in [0.717, 1.165) is 46.0 Å². The summed E-state index contributed by atoms with van der Waals surface area (Å²) in [5.41, 5.74) is 6.99. The van der Waals surface area contributed by atoms with Crippen LogP contribution in [0.1, 0.15) is 26.2 Å². The van der Waals surface area contributed by atoms with Gasteiger partial charge in [0.05, 0.1) is 17.3 Å². The third-order valence-corrected chi connectivity index (χ3v) is 6.13. The zero-order valence-corrected chi connectivity index (χ0v) is 20.1. The summed E-state index contributed by atoms with van der Waals surface area (Å²) in [5, 5.41) is 11.2. The molecule has 0 radical (unpaired) electrons. The van der Waals surface area contributed by atoms with E-state index in [1.165, 1.54) is 0 Å². The van der Waals surface area contributed by atoms with E-state index in [-0.39, 0.29) is 5.91 Å². The van der Waals surface area contributed by atoms with E-state index in [4.69, 9.17) is 4.98 Å². The summed E-state index contributed by atoms with van der Waals surface area (Å²) in [6, 6.07) is 9.71. The van der Waals surface area contributed by atoms with Gasteiger partial charge >= 0.3 is 0 Å². The summed E-state index contributed by atoms with van der Waals surface area (Å²) in [4.78, 5) is 37.8. The van der Waals surface area contributed by atoms with Gasteiger partial charge in [0, 0.05) is 54.1 Å². The Kier molecular flexibility index (Phi) is 5.81. The van der Waals surface area contributed by atoms with Crippen LogP contribution < -0.4 is 5.32 Å². The van der Waals surface area contributed by atoms with Crippen LogP contribution in [0.4, 0.5) is 5.69 Å². The van der Waals surface area contributed by atoms with Crippen molar-refractivity contribution in [1.82, 2.24) is 40.1 Å². The lowest BCUT2D eigenvalue weighted by molar-refractivity contribution is -0.116. The van der Waals surface area contributed by atoms with E-state index in [1.54, 1.807) is 37.2 Å². The molecule has 6 rings (SSSR count). The van der Waals surface area contributed by atoms with Gasteiger partial charge in [-0.05, 0) is 42.3 Å². The number of unbranched alkanes of at least 4 members (excludes halogenated alkanes) is 1. The summed E-state index contributed by atoms with van der Waals surface area (Å²) < 4.78 is 0. The van der Waals surface area contributed by atoms with Gasteiger partial charge in [0.15, 0.2) is 17.1 Å². The Morgan fingerprint density at radius 3 is 2.65 bits per heavy atom. The average molecular weight is 490 g/mol. The number of imidazole rings is 1. The van der Waals surface area contributed by atoms with E-state index in [9.17, 15) is 4.79 Å². The third-order valence-electron chi connectivity index (χ3n) is 6.13. The number of carbonyl (C=O) groups excluding carboxylic acids is 1. The van der Waals surface area contributed by atoms with Gasteiger partial charge in [-0.25, -0.2) is 15.0 Å². The number of hydrogen-bond donors (Lipinski definition) is 3. The lowest BCUT2D eigenvalue weighted by Crippen LogP contribution is -2.11. The number of fused-ring (bicyclic) bond motifs is 2. The summed E-state index contributed by atoms with van der Waals surface area (Å²) >= 11 is 0. The molecule has 0 atom stereocenters. The minimum Gasteiger partial charge on any atom is -0.325 e. The number of aromatic amines is 2. The zero-order valence-electron chi connectivity index (χ0n) is 20.1. The van der Waals surface area contributed by atoms with Crippen LogP contribution >= 0.6 is 0 Å². The molecular weight excluding hydrogens is 466 g/mol. The van der Waals surface area contributed by atoms with Crippen molar-refractivity contribution in [3.63, 3.8) is 0 Å². The van der Waals surface area contributed by atoms with Crippen molar-refractivity contribution in [2.24, 2.45) is 0 Å². The van der Waals surface area contributed by atoms with Crippen molar-refractivity contribution >= 4 is 33.8 Å². The van der Waals surface area contributed by atoms with Gasteiger partial charge in [0.25, 0.3) is 0 Å². The molecule has 0 spiro atoms. The molecule has 0 bridgehead atoms. The van der Waals surface area contributed by atoms with Crippen molar-refractivity contribution in [2.45, 2.75) is 26.2 Å². The molecular formula is C27H23N9O. The quantitative estimate of drug-likeness (QED) is 0.282. The Labute approximate surface area is 211 Å². The topological polar surface area (TPSA) is 138 Å². The first-order chi connectivity index (χ1) is 18.2. The van der Waals surface area contributed by atoms with Crippen LogP contribution in [0.5, 0.6) is 0 Å². The number of nitrogens with one attached hydrogen (secondary N) is 3. The standard InChI is InChI=1S/C27H23N9O/c1-2-3-4-22(37)32-19-11-17(13-29-15-19)18-12-21-24(35-36-25(21)31-14-18)27-33-23-20(7-10-30-26(23)34-27)16-5-8-28-9-6-16/h5-15H,2-4H2,1H3,(H,32,37)(H,30,33,34)(H,31,35,36). The summed E-state index contributed by atoms with van der Waals surface area (Å²) in [5.74, 6) is 0.570. The van der Waals surface area contributed by atoms with Gasteiger partial charge in [0.2, 0.25) is 5.91 Å². The van der Waals surface area contributed by atoms with Gasteiger partial charge in [-0.3, -0.25) is 19.9 Å². The van der Waals surface area contributed by atoms with Crippen LogP contribution in [0.15, 0.2) is 67.5 Å². The Bertz CT molecular complexity index is 1720. The summed E-state index contributed by atoms with van der Waals surface area (Å²) in [7, 11) is 0. The highest BCUT2D eigenvalue weighted by atomic mass is 16.1. The van der Waals surface area contributed by atoms with Crippen molar-refractivity contribution in [3.8, 4) is 33.8 Å². The second kappa shape index (κ2) is 9.57. The molecule has 6 heterocycles. The lowest BCUT2D eigenvalue weighted by atomic mass is 10.1. The molecule has 182 valence electrons. The van der Waals surface area contributed by atoms with Gasteiger partial charge in [-0.1, -0.05) is 13.3 Å². The predicted octanol–water partition coefficient (Wildman–Crippen LogP) is 5.15. The molecule has 0 aliphatic rings. The molecule has 0 aromatic carbocycles. The number of hydrogen-bond acceptors (Lipinski definition) is 7. The number of H-pyrrole nitrogens is 2. The smallest absolute Gasteiger partial charge is 0.224 e. The Hall–Kier alpha value is -4.99. The fourth-order valence-corrected chi connectivity index (χ4v) is 4.26. The van der Waals surface area contributed by atoms with Crippen LogP contribution in [0.25, 0.3) is 56.0 Å². The maximum Gasteiger partial charge on any atom is 0.224 e. The molecule has 0 fully saturated rings. The van der Waals surface area contributed by atoms with E-state index in [2.05, 4.69) is 47.4 Å². The number of carbonyl (C=O) groups is 1. The lowest BCUT2D eigenvalue weighted by Gasteiger charge is -2.07. The van der Waals surface area contributed by atoms with Crippen molar-refractivity contribution < 1.29 is 4.79 Å². The highest BCUT2D eigenvalue weighted by Gasteiger charge is 2.17. The monoisotopic (exact) mass is 489 g/mol. The Morgan fingerprint density at radius 2 is 1.78 bits per heavy atom.